The van der Waals surface area contributed by atoms with Crippen LogP contribution in [0.5, 0.6) is 0 Å². The molecule has 0 saturated carbocycles. The second kappa shape index (κ2) is 6.82. The fourth-order valence-electron chi connectivity index (χ4n) is 2.15. The summed E-state index contributed by atoms with van der Waals surface area (Å²) in [5.74, 6) is -0.902. The maximum Gasteiger partial charge on any atom is 0.492 e. The van der Waals surface area contributed by atoms with Gasteiger partial charge in [-0.3, -0.25) is 4.79 Å². The summed E-state index contributed by atoms with van der Waals surface area (Å²) < 4.78 is 25.3. The first-order valence-corrected chi connectivity index (χ1v) is 8.01. The van der Waals surface area contributed by atoms with Crippen molar-refractivity contribution in [2.24, 2.45) is 0 Å². The number of aromatic nitrogens is 1. The minimum absolute atomic E-state index is 0.0726. The Labute approximate surface area is 146 Å². The van der Waals surface area contributed by atoms with Gasteiger partial charge in [0, 0.05) is 19.7 Å². The maximum absolute atomic E-state index is 13.2. The molecule has 1 aliphatic rings. The van der Waals surface area contributed by atoms with Gasteiger partial charge < -0.3 is 14.6 Å². The zero-order valence-corrected chi connectivity index (χ0v) is 15.2. The van der Waals surface area contributed by atoms with E-state index in [2.05, 4.69) is 10.3 Å². The molecule has 1 saturated heterocycles. The third kappa shape index (κ3) is 4.15. The minimum atomic E-state index is -0.729. The summed E-state index contributed by atoms with van der Waals surface area (Å²) in [6.07, 6.45) is 3.09. The number of carbonyl (C=O) groups is 1. The standard InChI is InChI=1S/C16H21BClFN2O3/c1-10(22)20-9-12(6-11-7-13(18)14(19)21-8-11)17-23-15(2,3)16(4,5)24-17/h6-8H,9H2,1-5H3,(H,20,22). The van der Waals surface area contributed by atoms with Gasteiger partial charge >= 0.3 is 7.12 Å². The fraction of sp³-hybridized carbons (Fsp3) is 0.500. The molecule has 0 aromatic carbocycles. The Bertz CT molecular complexity index is 663. The molecule has 2 rings (SSSR count). The maximum atomic E-state index is 13.2. The lowest BCUT2D eigenvalue weighted by Crippen LogP contribution is -2.41. The summed E-state index contributed by atoms with van der Waals surface area (Å²) in [5, 5.41) is 2.66. The Morgan fingerprint density at radius 3 is 2.46 bits per heavy atom. The number of nitrogens with zero attached hydrogens (tertiary/aromatic N) is 1. The largest absolute Gasteiger partial charge is 0.492 e. The van der Waals surface area contributed by atoms with Gasteiger partial charge in [-0.2, -0.15) is 4.39 Å². The fourth-order valence-corrected chi connectivity index (χ4v) is 2.33. The van der Waals surface area contributed by atoms with E-state index >= 15 is 0 Å². The number of amides is 1. The third-order valence-electron chi connectivity index (χ3n) is 4.27. The van der Waals surface area contributed by atoms with Crippen LogP contribution in [0.1, 0.15) is 40.2 Å². The third-order valence-corrected chi connectivity index (χ3v) is 4.53. The molecule has 24 heavy (non-hydrogen) atoms. The van der Waals surface area contributed by atoms with Crippen molar-refractivity contribution >= 4 is 30.7 Å². The van der Waals surface area contributed by atoms with Crippen LogP contribution in [0.4, 0.5) is 4.39 Å². The summed E-state index contributed by atoms with van der Waals surface area (Å²) in [5.41, 5.74) is 0.266. The second-order valence-corrected chi connectivity index (χ2v) is 7.17. The lowest BCUT2D eigenvalue weighted by molar-refractivity contribution is -0.118. The second-order valence-electron chi connectivity index (χ2n) is 6.76. The lowest BCUT2D eigenvalue weighted by Gasteiger charge is -2.32. The zero-order valence-electron chi connectivity index (χ0n) is 14.4. The molecular formula is C16H21BClFN2O3. The van der Waals surface area contributed by atoms with E-state index in [9.17, 15) is 9.18 Å². The molecule has 8 heteroatoms. The summed E-state index contributed by atoms with van der Waals surface area (Å²) in [4.78, 5) is 14.9. The molecule has 1 aromatic rings. The Kier molecular flexibility index (Phi) is 5.37. The van der Waals surface area contributed by atoms with Crippen molar-refractivity contribution in [3.05, 3.63) is 34.3 Å². The molecule has 1 N–H and O–H groups in total. The van der Waals surface area contributed by atoms with E-state index in [1.807, 2.05) is 27.7 Å². The van der Waals surface area contributed by atoms with Crippen molar-refractivity contribution in [3.8, 4) is 0 Å². The number of halogens is 2. The monoisotopic (exact) mass is 354 g/mol. The molecule has 130 valence electrons. The van der Waals surface area contributed by atoms with Crippen LogP contribution >= 0.6 is 11.6 Å². The van der Waals surface area contributed by atoms with Crippen molar-refractivity contribution < 1.29 is 18.5 Å². The average Bonchev–Trinajstić information content (AvgIpc) is 2.67. The number of rotatable bonds is 4. The summed E-state index contributed by atoms with van der Waals surface area (Å²) in [6.45, 7) is 9.44. The summed E-state index contributed by atoms with van der Waals surface area (Å²) >= 11 is 5.78. The van der Waals surface area contributed by atoms with Crippen LogP contribution in [0, 0.1) is 5.95 Å². The van der Waals surface area contributed by atoms with Gasteiger partial charge in [0.05, 0.1) is 16.2 Å². The molecule has 0 spiro atoms. The van der Waals surface area contributed by atoms with E-state index in [0.717, 1.165) is 0 Å². The highest BCUT2D eigenvalue weighted by Gasteiger charge is 2.52. The molecule has 0 atom stereocenters. The average molecular weight is 355 g/mol. The SMILES string of the molecule is CC(=O)NCC(=Cc1cnc(F)c(Cl)c1)B1OC(C)(C)C(C)(C)O1. The van der Waals surface area contributed by atoms with Gasteiger partial charge in [0.15, 0.2) is 0 Å². The van der Waals surface area contributed by atoms with Crippen LogP contribution in [0.3, 0.4) is 0 Å². The van der Waals surface area contributed by atoms with Gasteiger partial charge in [0.25, 0.3) is 0 Å². The molecule has 1 fully saturated rings. The Hall–Kier alpha value is -1.44. The Morgan fingerprint density at radius 2 is 1.96 bits per heavy atom. The number of pyridine rings is 1. The summed E-state index contributed by atoms with van der Waals surface area (Å²) in [7, 11) is -0.634. The van der Waals surface area contributed by atoms with Crippen molar-refractivity contribution in [2.45, 2.75) is 45.8 Å². The molecule has 2 heterocycles. The lowest BCUT2D eigenvalue weighted by atomic mass is 9.77. The van der Waals surface area contributed by atoms with Gasteiger partial charge in [0.2, 0.25) is 11.9 Å². The predicted octanol–water partition coefficient (Wildman–Crippen LogP) is 3.03. The van der Waals surface area contributed by atoms with Gasteiger partial charge in [-0.15, -0.1) is 0 Å². The number of hydrogen-bond donors (Lipinski definition) is 1. The molecule has 1 aromatic heterocycles. The van der Waals surface area contributed by atoms with E-state index in [1.165, 1.54) is 19.2 Å². The van der Waals surface area contributed by atoms with Crippen molar-refractivity contribution in [3.63, 3.8) is 0 Å². The molecular weight excluding hydrogens is 333 g/mol. The molecule has 0 radical (unpaired) electrons. The van der Waals surface area contributed by atoms with E-state index in [4.69, 9.17) is 20.9 Å². The Morgan fingerprint density at radius 1 is 1.38 bits per heavy atom. The minimum Gasteiger partial charge on any atom is -0.400 e. The van der Waals surface area contributed by atoms with Crippen LogP contribution in [0.25, 0.3) is 6.08 Å². The van der Waals surface area contributed by atoms with E-state index in [1.54, 1.807) is 6.08 Å². The molecule has 0 unspecified atom stereocenters. The van der Waals surface area contributed by atoms with Crippen LogP contribution in [-0.2, 0) is 14.1 Å². The molecule has 0 aliphatic carbocycles. The predicted molar refractivity (Wildman–Crippen MR) is 91.9 cm³/mol. The van der Waals surface area contributed by atoms with Crippen LogP contribution < -0.4 is 5.32 Å². The van der Waals surface area contributed by atoms with Crippen LogP contribution in [0.2, 0.25) is 5.02 Å². The van der Waals surface area contributed by atoms with Gasteiger partial charge in [-0.1, -0.05) is 17.7 Å². The highest BCUT2D eigenvalue weighted by atomic mass is 35.5. The highest BCUT2D eigenvalue weighted by molar-refractivity contribution is 6.56. The smallest absolute Gasteiger partial charge is 0.400 e. The number of nitrogens with one attached hydrogen (secondary N) is 1. The highest BCUT2D eigenvalue weighted by Crippen LogP contribution is 2.38. The van der Waals surface area contributed by atoms with Crippen LogP contribution in [0.15, 0.2) is 17.7 Å². The van der Waals surface area contributed by atoms with E-state index in [-0.39, 0.29) is 17.5 Å². The first-order valence-electron chi connectivity index (χ1n) is 7.63. The number of carbonyl (C=O) groups excluding carboxylic acids is 1. The summed E-state index contributed by atoms with van der Waals surface area (Å²) in [6, 6.07) is 1.46. The zero-order chi connectivity index (χ0) is 18.1. The van der Waals surface area contributed by atoms with Crippen molar-refractivity contribution in [2.75, 3.05) is 6.54 Å². The van der Waals surface area contributed by atoms with Crippen molar-refractivity contribution in [1.82, 2.24) is 10.3 Å². The Balaban J connectivity index is 2.33. The van der Waals surface area contributed by atoms with Crippen LogP contribution in [-0.4, -0.2) is 35.8 Å². The number of hydrogen-bond acceptors (Lipinski definition) is 4. The molecule has 1 amide bonds. The molecule has 1 aliphatic heterocycles. The van der Waals surface area contributed by atoms with Gasteiger partial charge in [-0.05, 0) is 44.8 Å². The molecule has 0 bridgehead atoms. The van der Waals surface area contributed by atoms with E-state index < -0.39 is 24.3 Å². The van der Waals surface area contributed by atoms with Gasteiger partial charge in [-0.25, -0.2) is 4.98 Å². The molecule has 5 nitrogen and oxygen atoms in total. The van der Waals surface area contributed by atoms with Gasteiger partial charge in [0.1, 0.15) is 0 Å². The topological polar surface area (TPSA) is 60.5 Å². The normalized spacial score (nSPS) is 19.5. The quantitative estimate of drug-likeness (QED) is 0.667. The first kappa shape index (κ1) is 18.9. The van der Waals surface area contributed by atoms with Crippen molar-refractivity contribution in [1.29, 1.82) is 0 Å². The first-order chi connectivity index (χ1) is 11.0. The van der Waals surface area contributed by atoms with E-state index in [0.29, 0.717) is 11.0 Å².